The number of carbonyl (C=O) groups excluding carboxylic acids is 1. The van der Waals surface area contributed by atoms with Gasteiger partial charge in [-0.1, -0.05) is 41.0 Å². The van der Waals surface area contributed by atoms with E-state index in [0.29, 0.717) is 28.2 Å². The van der Waals surface area contributed by atoms with Crippen LogP contribution in [0, 0.1) is 0 Å². The molecule has 1 N–H and O–H groups in total. The highest BCUT2D eigenvalue weighted by atomic mass is 35.5. The van der Waals surface area contributed by atoms with E-state index in [-0.39, 0.29) is 19.1 Å². The van der Waals surface area contributed by atoms with Gasteiger partial charge in [0, 0.05) is 5.02 Å². The Morgan fingerprint density at radius 1 is 1.19 bits per heavy atom. The first-order valence-corrected chi connectivity index (χ1v) is 8.67. The molecule has 140 valence electrons. The Bertz CT molecular complexity index is 885. The summed E-state index contributed by atoms with van der Waals surface area (Å²) in [4.78, 5) is 16.3. The third-order valence-corrected chi connectivity index (χ3v) is 3.75. The van der Waals surface area contributed by atoms with Crippen LogP contribution in [0.25, 0.3) is 0 Å². The lowest BCUT2D eigenvalue weighted by Gasteiger charge is -2.14. The van der Waals surface area contributed by atoms with E-state index < -0.39 is 6.10 Å². The van der Waals surface area contributed by atoms with Crippen LogP contribution in [-0.4, -0.2) is 22.2 Å². The molecule has 27 heavy (non-hydrogen) atoms. The Labute approximate surface area is 161 Å². The Hall–Kier alpha value is -3.06. The van der Waals surface area contributed by atoms with Crippen molar-refractivity contribution in [3.8, 4) is 11.5 Å². The summed E-state index contributed by atoms with van der Waals surface area (Å²) < 4.78 is 16.2. The highest BCUT2D eigenvalue weighted by Crippen LogP contribution is 2.18. The number of para-hydroxylation sites is 1. The van der Waals surface area contributed by atoms with Crippen LogP contribution in [0.15, 0.2) is 59.1 Å². The van der Waals surface area contributed by atoms with Crippen molar-refractivity contribution >= 4 is 17.5 Å². The van der Waals surface area contributed by atoms with Crippen LogP contribution in [0.2, 0.25) is 5.02 Å². The zero-order valence-electron chi connectivity index (χ0n) is 14.6. The molecule has 7 nitrogen and oxygen atoms in total. The van der Waals surface area contributed by atoms with Gasteiger partial charge in [-0.2, -0.15) is 4.98 Å². The molecule has 1 aromatic heterocycles. The first-order valence-electron chi connectivity index (χ1n) is 8.29. The minimum absolute atomic E-state index is 0.122. The highest BCUT2D eigenvalue weighted by Gasteiger charge is 2.16. The third-order valence-electron chi connectivity index (χ3n) is 3.51. The second kappa shape index (κ2) is 9.05. The maximum atomic E-state index is 12.1. The number of benzene rings is 2. The van der Waals surface area contributed by atoms with Crippen LogP contribution >= 0.6 is 11.6 Å². The number of hydrogen-bond acceptors (Lipinski definition) is 6. The second-order valence-electron chi connectivity index (χ2n) is 5.64. The smallest absolute Gasteiger partial charge is 0.264 e. The van der Waals surface area contributed by atoms with E-state index in [1.54, 1.807) is 31.2 Å². The van der Waals surface area contributed by atoms with Crippen LogP contribution in [0.5, 0.6) is 11.5 Å². The van der Waals surface area contributed by atoms with E-state index in [2.05, 4.69) is 15.5 Å². The third kappa shape index (κ3) is 5.72. The number of amides is 1. The molecule has 1 atom stereocenters. The summed E-state index contributed by atoms with van der Waals surface area (Å²) in [7, 11) is 0. The molecule has 0 radical (unpaired) electrons. The summed E-state index contributed by atoms with van der Waals surface area (Å²) in [5, 5.41) is 7.05. The normalized spacial score (nSPS) is 11.6. The molecule has 0 unspecified atom stereocenters. The van der Waals surface area contributed by atoms with Gasteiger partial charge >= 0.3 is 0 Å². The Morgan fingerprint density at radius 3 is 2.74 bits per heavy atom. The van der Waals surface area contributed by atoms with E-state index in [0.717, 1.165) is 0 Å². The maximum Gasteiger partial charge on any atom is 0.264 e. The number of nitrogens with zero attached hydrogens (tertiary/aromatic N) is 2. The van der Waals surface area contributed by atoms with E-state index in [9.17, 15) is 4.79 Å². The van der Waals surface area contributed by atoms with E-state index >= 15 is 0 Å². The molecule has 0 bridgehead atoms. The van der Waals surface area contributed by atoms with Crippen molar-refractivity contribution < 1.29 is 18.8 Å². The average Bonchev–Trinajstić information content (AvgIpc) is 3.13. The van der Waals surface area contributed by atoms with Gasteiger partial charge in [-0.05, 0) is 37.3 Å². The average molecular weight is 388 g/mol. The number of aromatic nitrogens is 2. The first kappa shape index (κ1) is 18.7. The number of hydrogen-bond donors (Lipinski definition) is 1. The van der Waals surface area contributed by atoms with Gasteiger partial charge in [-0.3, -0.25) is 4.79 Å². The minimum atomic E-state index is -0.698. The second-order valence-corrected chi connectivity index (χ2v) is 6.08. The maximum absolute atomic E-state index is 12.1. The fourth-order valence-electron chi connectivity index (χ4n) is 2.19. The van der Waals surface area contributed by atoms with E-state index in [4.69, 9.17) is 25.6 Å². The van der Waals surface area contributed by atoms with Crippen LogP contribution in [0.1, 0.15) is 18.6 Å². The van der Waals surface area contributed by atoms with Gasteiger partial charge in [0.25, 0.3) is 11.8 Å². The molecule has 0 aliphatic rings. The molecule has 0 aliphatic carbocycles. The number of halogens is 1. The molecule has 3 rings (SSSR count). The quantitative estimate of drug-likeness (QED) is 0.637. The molecule has 8 heteroatoms. The van der Waals surface area contributed by atoms with Crippen molar-refractivity contribution in [2.75, 3.05) is 0 Å². The molecule has 0 saturated carbocycles. The van der Waals surface area contributed by atoms with Crippen LogP contribution < -0.4 is 14.8 Å². The number of carbonyl (C=O) groups is 1. The largest absolute Gasteiger partial charge is 0.484 e. The van der Waals surface area contributed by atoms with Crippen molar-refractivity contribution in [3.63, 3.8) is 0 Å². The summed E-state index contributed by atoms with van der Waals surface area (Å²) in [5.74, 6) is 1.60. The number of rotatable bonds is 8. The summed E-state index contributed by atoms with van der Waals surface area (Å²) >= 11 is 5.90. The standard InChI is InChI=1S/C19H18ClN3O4/c1-13(26-16-9-5-6-14(20)10-16)19(24)21-11-17-22-18(27-23-17)12-25-15-7-3-2-4-8-15/h2-10,13H,11-12H2,1H3,(H,21,24)/t13-/m1/s1. The predicted molar refractivity (Wildman–Crippen MR) is 98.5 cm³/mol. The first-order chi connectivity index (χ1) is 13.1. The molecule has 1 amide bonds. The van der Waals surface area contributed by atoms with Gasteiger partial charge in [0.1, 0.15) is 11.5 Å². The van der Waals surface area contributed by atoms with Gasteiger partial charge in [-0.25, -0.2) is 0 Å². The van der Waals surface area contributed by atoms with Crippen molar-refractivity contribution in [1.29, 1.82) is 0 Å². The minimum Gasteiger partial charge on any atom is -0.484 e. The summed E-state index contributed by atoms with van der Waals surface area (Å²) in [6.07, 6.45) is -0.698. The topological polar surface area (TPSA) is 86.5 Å². The molecule has 0 aliphatic heterocycles. The van der Waals surface area contributed by atoms with E-state index in [1.165, 1.54) is 0 Å². The molecular formula is C19H18ClN3O4. The number of nitrogens with one attached hydrogen (secondary N) is 1. The number of ether oxygens (including phenoxy) is 2. The van der Waals surface area contributed by atoms with Gasteiger partial charge in [0.05, 0.1) is 6.54 Å². The van der Waals surface area contributed by atoms with Crippen molar-refractivity contribution in [2.45, 2.75) is 26.2 Å². The SMILES string of the molecule is C[C@@H](Oc1cccc(Cl)c1)C(=O)NCc1noc(COc2ccccc2)n1. The summed E-state index contributed by atoms with van der Waals surface area (Å²) in [6, 6.07) is 16.2. The molecule has 2 aromatic carbocycles. The molecule has 0 saturated heterocycles. The molecule has 0 spiro atoms. The van der Waals surface area contributed by atoms with Crippen LogP contribution in [0.4, 0.5) is 0 Å². The zero-order valence-corrected chi connectivity index (χ0v) is 15.3. The lowest BCUT2D eigenvalue weighted by Crippen LogP contribution is -2.36. The van der Waals surface area contributed by atoms with Crippen molar-refractivity contribution in [3.05, 3.63) is 71.3 Å². The Morgan fingerprint density at radius 2 is 1.96 bits per heavy atom. The van der Waals surface area contributed by atoms with Crippen molar-refractivity contribution in [2.24, 2.45) is 0 Å². The predicted octanol–water partition coefficient (Wildman–Crippen LogP) is 3.39. The fourth-order valence-corrected chi connectivity index (χ4v) is 2.37. The molecule has 0 fully saturated rings. The molecule has 3 aromatic rings. The fraction of sp³-hybridized carbons (Fsp3) is 0.211. The van der Waals surface area contributed by atoms with Gasteiger partial charge in [0.15, 0.2) is 18.5 Å². The Balaban J connectivity index is 1.45. The lowest BCUT2D eigenvalue weighted by atomic mass is 10.3. The molecular weight excluding hydrogens is 370 g/mol. The Kier molecular flexibility index (Phi) is 6.27. The van der Waals surface area contributed by atoms with Crippen LogP contribution in [-0.2, 0) is 17.9 Å². The molecule has 1 heterocycles. The van der Waals surface area contributed by atoms with Gasteiger partial charge in [0.2, 0.25) is 0 Å². The van der Waals surface area contributed by atoms with Crippen LogP contribution in [0.3, 0.4) is 0 Å². The van der Waals surface area contributed by atoms with Gasteiger partial charge in [-0.15, -0.1) is 0 Å². The lowest BCUT2D eigenvalue weighted by molar-refractivity contribution is -0.127. The van der Waals surface area contributed by atoms with Gasteiger partial charge < -0.3 is 19.3 Å². The monoisotopic (exact) mass is 387 g/mol. The zero-order chi connectivity index (χ0) is 19.1. The highest BCUT2D eigenvalue weighted by molar-refractivity contribution is 6.30. The summed E-state index contributed by atoms with van der Waals surface area (Å²) in [6.45, 7) is 1.92. The summed E-state index contributed by atoms with van der Waals surface area (Å²) in [5.41, 5.74) is 0. The van der Waals surface area contributed by atoms with Crippen molar-refractivity contribution in [1.82, 2.24) is 15.5 Å². The van der Waals surface area contributed by atoms with E-state index in [1.807, 2.05) is 30.3 Å².